The minimum absolute atomic E-state index is 0.00351. The Morgan fingerprint density at radius 3 is 2.85 bits per heavy atom. The van der Waals surface area contributed by atoms with Gasteiger partial charge in [-0.3, -0.25) is 14.9 Å². The molecular formula is C14H19N3O3. The average molecular weight is 277 g/mol. The maximum atomic E-state index is 12.2. The normalized spacial score (nSPS) is 19.9. The second-order valence-corrected chi connectivity index (χ2v) is 5.31. The first kappa shape index (κ1) is 14.5. The van der Waals surface area contributed by atoms with Crippen LogP contribution in [0.15, 0.2) is 24.3 Å². The van der Waals surface area contributed by atoms with Crippen LogP contribution in [0.4, 0.5) is 5.69 Å². The van der Waals surface area contributed by atoms with E-state index in [9.17, 15) is 14.9 Å². The summed E-state index contributed by atoms with van der Waals surface area (Å²) in [6.45, 7) is 3.28. The molecule has 20 heavy (non-hydrogen) atoms. The van der Waals surface area contributed by atoms with Gasteiger partial charge >= 0.3 is 0 Å². The van der Waals surface area contributed by atoms with E-state index in [1.165, 1.54) is 6.07 Å². The molecule has 1 saturated heterocycles. The third-order valence-corrected chi connectivity index (χ3v) is 3.85. The summed E-state index contributed by atoms with van der Waals surface area (Å²) in [5, 5.41) is 10.9. The first-order chi connectivity index (χ1) is 9.49. The van der Waals surface area contributed by atoms with E-state index in [2.05, 4.69) is 0 Å². The molecule has 2 atom stereocenters. The number of amides is 1. The molecule has 2 unspecified atom stereocenters. The number of para-hydroxylation sites is 1. The van der Waals surface area contributed by atoms with Crippen molar-refractivity contribution in [1.29, 1.82) is 0 Å². The predicted molar refractivity (Wildman–Crippen MR) is 75.1 cm³/mol. The topological polar surface area (TPSA) is 89.5 Å². The number of hydrogen-bond donors (Lipinski definition) is 1. The van der Waals surface area contributed by atoms with E-state index < -0.39 is 4.92 Å². The van der Waals surface area contributed by atoms with Crippen LogP contribution in [0.25, 0.3) is 0 Å². The zero-order valence-electron chi connectivity index (χ0n) is 11.5. The molecule has 1 heterocycles. The molecule has 1 aliphatic heterocycles. The second kappa shape index (κ2) is 6.00. The molecule has 1 aromatic rings. The van der Waals surface area contributed by atoms with Crippen LogP contribution in [0.1, 0.15) is 18.9 Å². The monoisotopic (exact) mass is 277 g/mol. The highest BCUT2D eigenvalue weighted by Crippen LogP contribution is 2.22. The van der Waals surface area contributed by atoms with Gasteiger partial charge in [0.2, 0.25) is 5.91 Å². The van der Waals surface area contributed by atoms with Crippen molar-refractivity contribution in [3.8, 4) is 0 Å². The van der Waals surface area contributed by atoms with Crippen molar-refractivity contribution in [1.82, 2.24) is 4.90 Å². The van der Waals surface area contributed by atoms with Crippen molar-refractivity contribution < 1.29 is 9.72 Å². The van der Waals surface area contributed by atoms with Crippen molar-refractivity contribution in [2.75, 3.05) is 13.1 Å². The molecule has 0 bridgehead atoms. The number of carbonyl (C=O) groups excluding carboxylic acids is 1. The number of rotatable bonds is 4. The first-order valence-electron chi connectivity index (χ1n) is 6.74. The van der Waals surface area contributed by atoms with E-state index in [-0.39, 0.29) is 24.1 Å². The molecule has 1 aliphatic rings. The summed E-state index contributed by atoms with van der Waals surface area (Å²) >= 11 is 0. The number of carbonyl (C=O) groups is 1. The summed E-state index contributed by atoms with van der Waals surface area (Å²) in [6, 6.07) is 6.45. The minimum Gasteiger partial charge on any atom is -0.342 e. The number of nitro groups is 1. The lowest BCUT2D eigenvalue weighted by atomic mass is 10.0. The lowest BCUT2D eigenvalue weighted by molar-refractivity contribution is -0.385. The Labute approximate surface area is 117 Å². The zero-order valence-corrected chi connectivity index (χ0v) is 11.5. The molecule has 108 valence electrons. The molecule has 0 saturated carbocycles. The molecule has 0 spiro atoms. The Morgan fingerprint density at radius 2 is 2.25 bits per heavy atom. The second-order valence-electron chi connectivity index (χ2n) is 5.31. The third kappa shape index (κ3) is 3.14. The lowest BCUT2D eigenvalue weighted by Crippen LogP contribution is -2.33. The lowest BCUT2D eigenvalue weighted by Gasteiger charge is -2.18. The van der Waals surface area contributed by atoms with Crippen molar-refractivity contribution in [2.45, 2.75) is 25.8 Å². The predicted octanol–water partition coefficient (Wildman–Crippen LogP) is 1.33. The molecule has 0 aliphatic carbocycles. The fourth-order valence-corrected chi connectivity index (χ4v) is 2.56. The van der Waals surface area contributed by atoms with Crippen molar-refractivity contribution in [3.05, 3.63) is 39.9 Å². The highest BCUT2D eigenvalue weighted by atomic mass is 16.6. The van der Waals surface area contributed by atoms with Gasteiger partial charge in [-0.2, -0.15) is 0 Å². The molecule has 1 amide bonds. The number of hydrogen-bond acceptors (Lipinski definition) is 4. The van der Waals surface area contributed by atoms with Crippen LogP contribution >= 0.6 is 0 Å². The van der Waals surface area contributed by atoms with Gasteiger partial charge in [0.05, 0.1) is 11.3 Å². The van der Waals surface area contributed by atoms with Crippen LogP contribution in [0.2, 0.25) is 0 Å². The average Bonchev–Trinajstić information content (AvgIpc) is 2.89. The van der Waals surface area contributed by atoms with Crippen LogP contribution in [0, 0.1) is 16.0 Å². The van der Waals surface area contributed by atoms with Crippen molar-refractivity contribution in [2.24, 2.45) is 11.7 Å². The Morgan fingerprint density at radius 1 is 1.55 bits per heavy atom. The Bertz CT molecular complexity index is 516. The van der Waals surface area contributed by atoms with Crippen molar-refractivity contribution in [3.63, 3.8) is 0 Å². The maximum absolute atomic E-state index is 12.2. The van der Waals surface area contributed by atoms with E-state index in [1.807, 2.05) is 6.92 Å². The van der Waals surface area contributed by atoms with Crippen LogP contribution < -0.4 is 5.73 Å². The summed E-state index contributed by atoms with van der Waals surface area (Å²) < 4.78 is 0. The smallest absolute Gasteiger partial charge is 0.273 e. The van der Waals surface area contributed by atoms with E-state index in [0.29, 0.717) is 24.6 Å². The van der Waals surface area contributed by atoms with Crippen LogP contribution in [0.3, 0.4) is 0 Å². The van der Waals surface area contributed by atoms with E-state index in [1.54, 1.807) is 23.1 Å². The summed E-state index contributed by atoms with van der Waals surface area (Å²) in [5.41, 5.74) is 6.32. The van der Waals surface area contributed by atoms with Gasteiger partial charge in [0.15, 0.2) is 0 Å². The van der Waals surface area contributed by atoms with Gasteiger partial charge in [0, 0.05) is 30.8 Å². The molecule has 6 nitrogen and oxygen atoms in total. The summed E-state index contributed by atoms with van der Waals surface area (Å²) in [6.07, 6.45) is 0.975. The van der Waals surface area contributed by atoms with Gasteiger partial charge < -0.3 is 10.6 Å². The fraction of sp³-hybridized carbons (Fsp3) is 0.500. The molecular weight excluding hydrogens is 258 g/mol. The van der Waals surface area contributed by atoms with Gasteiger partial charge in [-0.1, -0.05) is 18.2 Å². The van der Waals surface area contributed by atoms with Gasteiger partial charge in [0.25, 0.3) is 5.69 Å². The third-order valence-electron chi connectivity index (χ3n) is 3.85. The zero-order chi connectivity index (χ0) is 14.7. The Balaban J connectivity index is 2.04. The fourth-order valence-electron chi connectivity index (χ4n) is 2.56. The summed E-state index contributed by atoms with van der Waals surface area (Å²) in [7, 11) is 0. The van der Waals surface area contributed by atoms with Crippen LogP contribution in [0.5, 0.6) is 0 Å². The number of benzene rings is 1. The minimum atomic E-state index is -0.447. The van der Waals surface area contributed by atoms with Gasteiger partial charge in [-0.15, -0.1) is 0 Å². The maximum Gasteiger partial charge on any atom is 0.273 e. The van der Waals surface area contributed by atoms with Crippen LogP contribution in [-0.2, 0) is 11.2 Å². The van der Waals surface area contributed by atoms with Gasteiger partial charge in [-0.05, 0) is 19.3 Å². The first-order valence-corrected chi connectivity index (χ1v) is 6.74. The van der Waals surface area contributed by atoms with E-state index in [4.69, 9.17) is 5.73 Å². The number of nitrogens with two attached hydrogens (primary N) is 1. The summed E-state index contributed by atoms with van der Waals surface area (Å²) in [4.78, 5) is 24.5. The Hall–Kier alpha value is -1.95. The molecule has 0 aromatic heterocycles. The van der Waals surface area contributed by atoms with Gasteiger partial charge in [-0.25, -0.2) is 0 Å². The molecule has 1 aromatic carbocycles. The number of nitro benzene ring substituents is 1. The molecule has 6 heteroatoms. The molecule has 2 rings (SSSR count). The number of nitrogens with zero attached hydrogens (tertiary/aromatic N) is 2. The highest BCUT2D eigenvalue weighted by Gasteiger charge is 2.29. The van der Waals surface area contributed by atoms with Crippen LogP contribution in [-0.4, -0.2) is 34.9 Å². The molecule has 1 fully saturated rings. The number of likely N-dealkylation sites (tertiary alicyclic amines) is 1. The van der Waals surface area contributed by atoms with E-state index >= 15 is 0 Å². The quantitative estimate of drug-likeness (QED) is 0.664. The summed E-state index contributed by atoms with van der Waals surface area (Å²) in [5.74, 6) is 0.257. The Kier molecular flexibility index (Phi) is 4.34. The molecule has 0 radical (unpaired) electrons. The standard InChI is InChI=1S/C14H19N3O3/c1-10(15)12-6-7-16(9-12)14(18)8-11-4-2-3-5-13(11)17(19)20/h2-5,10,12H,6-9,15H2,1H3. The van der Waals surface area contributed by atoms with E-state index in [0.717, 1.165) is 6.42 Å². The van der Waals surface area contributed by atoms with Crippen molar-refractivity contribution >= 4 is 11.6 Å². The van der Waals surface area contributed by atoms with Gasteiger partial charge in [0.1, 0.15) is 0 Å². The highest BCUT2D eigenvalue weighted by molar-refractivity contribution is 5.80. The SMILES string of the molecule is CC(N)C1CCN(C(=O)Cc2ccccc2[N+](=O)[O-])C1. The molecule has 2 N–H and O–H groups in total. The largest absolute Gasteiger partial charge is 0.342 e.